The zero-order valence-electron chi connectivity index (χ0n) is 25.5. The van der Waals surface area contributed by atoms with Gasteiger partial charge in [0.15, 0.2) is 6.29 Å². The maximum Gasteiger partial charge on any atom is 0.326 e. The lowest BCUT2D eigenvalue weighted by molar-refractivity contribution is 0.111. The SMILES string of the molecule is C=S(C)(=O)Nc1ccc(Sc2ccc(CN3CCC(N(C(=O)Nc4cc(C=O)c(F)cc4F)c4ccccc4)CC3)c(C)n2)cc1. The highest BCUT2D eigenvalue weighted by Crippen LogP contribution is 2.30. The number of aldehydes is 1. The van der Waals surface area contributed by atoms with Gasteiger partial charge in [-0.25, -0.2) is 22.8 Å². The van der Waals surface area contributed by atoms with Gasteiger partial charge in [0.2, 0.25) is 0 Å². The Kier molecular flexibility index (Phi) is 10.4. The fourth-order valence-electron chi connectivity index (χ4n) is 5.34. The fourth-order valence-corrected chi connectivity index (χ4v) is 6.81. The average Bonchev–Trinajstić information content (AvgIpc) is 3.01. The van der Waals surface area contributed by atoms with Crippen LogP contribution in [0.15, 0.2) is 88.8 Å². The van der Waals surface area contributed by atoms with Crippen molar-refractivity contribution in [3.05, 3.63) is 107 Å². The summed E-state index contributed by atoms with van der Waals surface area (Å²) in [5.41, 5.74) is 2.87. The van der Waals surface area contributed by atoms with Crippen molar-refractivity contribution in [3.63, 3.8) is 0 Å². The number of carbonyl (C=O) groups excluding carboxylic acids is 2. The molecule has 0 radical (unpaired) electrons. The number of nitrogens with zero attached hydrogens (tertiary/aromatic N) is 3. The molecule has 8 nitrogen and oxygen atoms in total. The monoisotopic (exact) mass is 663 g/mol. The molecule has 1 aliphatic heterocycles. The Morgan fingerprint density at radius 1 is 1.07 bits per heavy atom. The van der Waals surface area contributed by atoms with Gasteiger partial charge in [-0.2, -0.15) is 0 Å². The number of amides is 2. The van der Waals surface area contributed by atoms with Crippen LogP contribution in [0.1, 0.15) is 34.5 Å². The van der Waals surface area contributed by atoms with E-state index in [4.69, 9.17) is 4.98 Å². The van der Waals surface area contributed by atoms with Gasteiger partial charge in [0.25, 0.3) is 0 Å². The van der Waals surface area contributed by atoms with E-state index >= 15 is 0 Å². The van der Waals surface area contributed by atoms with Crippen molar-refractivity contribution in [3.8, 4) is 0 Å². The molecule has 12 heteroatoms. The number of likely N-dealkylation sites (tertiary alicyclic amines) is 1. The van der Waals surface area contributed by atoms with Gasteiger partial charge >= 0.3 is 6.03 Å². The van der Waals surface area contributed by atoms with Crippen LogP contribution in [0, 0.1) is 18.6 Å². The number of rotatable bonds is 10. The predicted octanol–water partition coefficient (Wildman–Crippen LogP) is 7.01. The standard InChI is InChI=1S/C34H35F2N5O3S2/c1-23-24(9-14-33(37-23)45-29-12-10-26(11-13-29)39-46(2,3)44)21-40-17-15-28(16-18-40)41(27-7-5-4-6-8-27)34(43)38-32-19-25(22-42)30(35)20-31(32)36/h4-14,19-20,22,28H,2,15-18,21H2,1,3H3,(H,38,43)(H,39,44). The van der Waals surface area contributed by atoms with Gasteiger partial charge in [0.1, 0.15) is 16.7 Å². The van der Waals surface area contributed by atoms with Gasteiger partial charge in [0, 0.05) is 69.7 Å². The van der Waals surface area contributed by atoms with Crippen LogP contribution in [0.2, 0.25) is 0 Å². The number of urea groups is 1. The van der Waals surface area contributed by atoms with Gasteiger partial charge in [0.05, 0.1) is 11.3 Å². The van der Waals surface area contributed by atoms with Gasteiger partial charge in [-0.15, -0.1) is 0 Å². The lowest BCUT2D eigenvalue weighted by Crippen LogP contribution is -2.49. The second-order valence-electron chi connectivity index (χ2n) is 11.2. The number of hydrogen-bond donors (Lipinski definition) is 2. The summed E-state index contributed by atoms with van der Waals surface area (Å²) in [5.74, 6) is 1.68. The molecule has 0 saturated carbocycles. The minimum Gasteiger partial charge on any atom is -0.313 e. The third kappa shape index (κ3) is 8.51. The first-order valence-electron chi connectivity index (χ1n) is 14.7. The van der Waals surface area contributed by atoms with Crippen LogP contribution in [0.3, 0.4) is 0 Å². The van der Waals surface area contributed by atoms with Crippen molar-refractivity contribution >= 4 is 56.7 Å². The fraction of sp³-hybridized carbons (Fsp3) is 0.235. The second-order valence-corrected chi connectivity index (χ2v) is 14.5. The number of aryl methyl sites for hydroxylation is 1. The summed E-state index contributed by atoms with van der Waals surface area (Å²) in [4.78, 5) is 34.5. The van der Waals surface area contributed by atoms with Crippen LogP contribution in [-0.4, -0.2) is 57.7 Å². The number of anilines is 3. The topological polar surface area (TPSA) is 94.6 Å². The van der Waals surface area contributed by atoms with E-state index in [0.29, 0.717) is 31.1 Å². The molecule has 46 heavy (non-hydrogen) atoms. The molecule has 1 atom stereocenters. The van der Waals surface area contributed by atoms with Crippen molar-refractivity contribution in [1.82, 2.24) is 9.88 Å². The molecule has 2 amide bonds. The van der Waals surface area contributed by atoms with Crippen molar-refractivity contribution < 1.29 is 22.6 Å². The van der Waals surface area contributed by atoms with Crippen LogP contribution in [0.4, 0.5) is 30.6 Å². The molecule has 0 spiro atoms. The smallest absolute Gasteiger partial charge is 0.313 e. The first-order valence-corrected chi connectivity index (χ1v) is 17.6. The molecule has 1 aromatic heterocycles. The van der Waals surface area contributed by atoms with E-state index in [0.717, 1.165) is 46.0 Å². The Morgan fingerprint density at radius 3 is 2.39 bits per heavy atom. The van der Waals surface area contributed by atoms with E-state index in [1.807, 2.05) is 67.6 Å². The molecule has 1 aliphatic rings. The van der Waals surface area contributed by atoms with Gasteiger partial charge < -0.3 is 10.0 Å². The largest absolute Gasteiger partial charge is 0.326 e. The van der Waals surface area contributed by atoms with Crippen molar-refractivity contribution in [2.24, 2.45) is 0 Å². The summed E-state index contributed by atoms with van der Waals surface area (Å²) in [6.07, 6.45) is 3.20. The number of nitrogens with one attached hydrogen (secondary N) is 2. The molecule has 0 bridgehead atoms. The molecular weight excluding hydrogens is 629 g/mol. The van der Waals surface area contributed by atoms with Crippen LogP contribution in [0.25, 0.3) is 0 Å². The molecule has 1 unspecified atom stereocenters. The van der Waals surface area contributed by atoms with E-state index < -0.39 is 27.4 Å². The van der Waals surface area contributed by atoms with E-state index in [-0.39, 0.29) is 23.6 Å². The normalized spacial score (nSPS) is 15.1. The van der Waals surface area contributed by atoms with E-state index in [1.54, 1.807) is 22.9 Å². The minimum atomic E-state index is -2.34. The second kappa shape index (κ2) is 14.4. The van der Waals surface area contributed by atoms with Crippen molar-refractivity contribution in [1.29, 1.82) is 0 Å². The highest BCUT2D eigenvalue weighted by atomic mass is 32.2. The number of carbonyl (C=O) groups is 2. The summed E-state index contributed by atoms with van der Waals surface area (Å²) in [6.45, 7) is 4.17. The number of benzene rings is 3. The van der Waals surface area contributed by atoms with Crippen molar-refractivity contribution in [2.75, 3.05) is 34.3 Å². The molecular formula is C34H35F2N5O3S2. The molecule has 5 rings (SSSR count). The quantitative estimate of drug-likeness (QED) is 0.140. The van der Waals surface area contributed by atoms with E-state index in [9.17, 15) is 22.6 Å². The molecule has 3 aromatic carbocycles. The third-order valence-electron chi connectivity index (χ3n) is 7.60. The van der Waals surface area contributed by atoms with E-state index in [2.05, 4.69) is 26.9 Å². The Hall–Kier alpha value is -4.26. The summed E-state index contributed by atoms with van der Waals surface area (Å²) in [5, 5.41) is 3.42. The summed E-state index contributed by atoms with van der Waals surface area (Å²) < 4.78 is 43.1. The summed E-state index contributed by atoms with van der Waals surface area (Å²) in [6, 6.07) is 21.7. The summed E-state index contributed by atoms with van der Waals surface area (Å²) >= 11 is 1.55. The number of aromatic nitrogens is 1. The molecule has 4 aromatic rings. The Morgan fingerprint density at radius 2 is 1.76 bits per heavy atom. The molecule has 2 N–H and O–H groups in total. The molecule has 1 saturated heterocycles. The number of piperidine rings is 1. The number of para-hydroxylation sites is 1. The number of halogens is 2. The maximum absolute atomic E-state index is 14.5. The first-order chi connectivity index (χ1) is 22.0. The number of hydrogen-bond acceptors (Lipinski definition) is 6. The van der Waals surface area contributed by atoms with Crippen LogP contribution >= 0.6 is 11.8 Å². The Bertz CT molecular complexity index is 1810. The zero-order valence-corrected chi connectivity index (χ0v) is 27.2. The van der Waals surface area contributed by atoms with Crippen LogP contribution in [0.5, 0.6) is 0 Å². The van der Waals surface area contributed by atoms with Crippen molar-refractivity contribution in [2.45, 2.75) is 42.3 Å². The lowest BCUT2D eigenvalue weighted by Gasteiger charge is -2.38. The Labute approximate surface area is 272 Å². The van der Waals surface area contributed by atoms with E-state index in [1.165, 1.54) is 0 Å². The lowest BCUT2D eigenvalue weighted by atomic mass is 10.0. The summed E-state index contributed by atoms with van der Waals surface area (Å²) in [7, 11) is -2.34. The highest BCUT2D eigenvalue weighted by molar-refractivity contribution is 8.00. The van der Waals surface area contributed by atoms with Gasteiger partial charge in [-0.3, -0.25) is 14.6 Å². The highest BCUT2D eigenvalue weighted by Gasteiger charge is 2.30. The first kappa shape index (κ1) is 33.1. The average molecular weight is 664 g/mol. The minimum absolute atomic E-state index is 0.162. The molecule has 2 heterocycles. The predicted molar refractivity (Wildman–Crippen MR) is 182 cm³/mol. The molecule has 0 aliphatic carbocycles. The third-order valence-corrected chi connectivity index (χ3v) is 9.22. The molecule has 1 fully saturated rings. The molecule has 240 valence electrons. The van der Waals surface area contributed by atoms with Crippen LogP contribution in [-0.2, 0) is 16.3 Å². The van der Waals surface area contributed by atoms with Gasteiger partial charge in [-0.1, -0.05) is 36.0 Å². The number of pyridine rings is 1. The maximum atomic E-state index is 14.5. The van der Waals surface area contributed by atoms with Crippen LogP contribution < -0.4 is 14.9 Å². The Balaban J connectivity index is 1.22. The van der Waals surface area contributed by atoms with Gasteiger partial charge in [-0.05, 0) is 79.7 Å². The zero-order chi connectivity index (χ0) is 32.8.